The lowest BCUT2D eigenvalue weighted by molar-refractivity contribution is -0.0612. The molecule has 1 aromatic carbocycles. The van der Waals surface area contributed by atoms with Crippen molar-refractivity contribution in [3.63, 3.8) is 0 Å². The van der Waals surface area contributed by atoms with Crippen molar-refractivity contribution in [1.82, 2.24) is 9.97 Å². The summed E-state index contributed by atoms with van der Waals surface area (Å²) in [5.74, 6) is 1.15. The molecule has 0 saturated heterocycles. The normalized spacial score (nSPS) is 12.4. The summed E-state index contributed by atoms with van der Waals surface area (Å²) in [5, 5.41) is 3.59. The molecule has 3 aromatic rings. The molecule has 2 heterocycles. The number of anilines is 1. The van der Waals surface area contributed by atoms with E-state index < -0.39 is 11.7 Å². The van der Waals surface area contributed by atoms with Crippen molar-refractivity contribution in [3.05, 3.63) is 48.7 Å². The summed E-state index contributed by atoms with van der Waals surface area (Å²) in [4.78, 5) is 20.8. The van der Waals surface area contributed by atoms with Crippen molar-refractivity contribution in [2.45, 2.75) is 46.5 Å². The molecule has 1 atom stereocenters. The number of fused-ring (bicyclic) bond motifs is 1. The number of rotatable bonds is 6. The zero-order valence-electron chi connectivity index (χ0n) is 17.9. The van der Waals surface area contributed by atoms with Crippen LogP contribution in [0, 0.1) is 0 Å². The van der Waals surface area contributed by atoms with Gasteiger partial charge in [0.2, 0.25) is 0 Å². The van der Waals surface area contributed by atoms with Crippen LogP contribution < -0.4 is 10.1 Å². The highest BCUT2D eigenvalue weighted by Crippen LogP contribution is 2.25. The molecule has 158 valence electrons. The fourth-order valence-corrected chi connectivity index (χ4v) is 2.83. The summed E-state index contributed by atoms with van der Waals surface area (Å²) in [6.45, 7) is 9.82. The van der Waals surface area contributed by atoms with Gasteiger partial charge in [0, 0.05) is 23.8 Å². The average molecular weight is 409 g/mol. The van der Waals surface area contributed by atoms with Crippen LogP contribution in [0.1, 0.15) is 34.6 Å². The fourth-order valence-electron chi connectivity index (χ4n) is 2.83. The Morgan fingerprint density at radius 1 is 1.13 bits per heavy atom. The van der Waals surface area contributed by atoms with Gasteiger partial charge in [0.05, 0.1) is 11.2 Å². The van der Waals surface area contributed by atoms with Gasteiger partial charge in [-0.15, -0.1) is 0 Å². The van der Waals surface area contributed by atoms with Gasteiger partial charge in [0.15, 0.2) is 6.29 Å². The predicted molar refractivity (Wildman–Crippen MR) is 117 cm³/mol. The molecule has 7 heteroatoms. The van der Waals surface area contributed by atoms with Crippen LogP contribution in [0.25, 0.3) is 22.2 Å². The molecular formula is C23H27N3O4. The Morgan fingerprint density at radius 2 is 1.93 bits per heavy atom. The molecule has 3 rings (SSSR count). The van der Waals surface area contributed by atoms with Crippen molar-refractivity contribution >= 4 is 22.8 Å². The average Bonchev–Trinajstić information content (AvgIpc) is 2.67. The van der Waals surface area contributed by atoms with Gasteiger partial charge in [-0.2, -0.15) is 0 Å². The second-order valence-electron chi connectivity index (χ2n) is 7.75. The first-order valence-electron chi connectivity index (χ1n) is 9.89. The first-order chi connectivity index (χ1) is 14.2. The van der Waals surface area contributed by atoms with Crippen LogP contribution in [-0.4, -0.2) is 34.6 Å². The molecule has 0 spiro atoms. The highest BCUT2D eigenvalue weighted by molar-refractivity contribution is 5.85. The molecule has 1 unspecified atom stereocenters. The minimum absolute atomic E-state index is 0.307. The van der Waals surface area contributed by atoms with Gasteiger partial charge in [-0.05, 0) is 71.0 Å². The lowest BCUT2D eigenvalue weighted by atomic mass is 10.1. The number of aromatic nitrogens is 2. The summed E-state index contributed by atoms with van der Waals surface area (Å²) < 4.78 is 16.4. The zero-order valence-corrected chi connectivity index (χ0v) is 17.9. The minimum Gasteiger partial charge on any atom is -0.465 e. The quantitative estimate of drug-likeness (QED) is 0.549. The third kappa shape index (κ3) is 5.90. The molecule has 1 N–H and O–H groups in total. The van der Waals surface area contributed by atoms with E-state index in [4.69, 9.17) is 19.2 Å². The third-order valence-electron chi connectivity index (χ3n) is 4.05. The third-order valence-corrected chi connectivity index (χ3v) is 4.05. The predicted octanol–water partition coefficient (Wildman–Crippen LogP) is 5.41. The van der Waals surface area contributed by atoms with Gasteiger partial charge in [0.1, 0.15) is 17.2 Å². The molecular weight excluding hydrogens is 382 g/mol. The summed E-state index contributed by atoms with van der Waals surface area (Å²) in [7, 11) is 0. The van der Waals surface area contributed by atoms with Crippen LogP contribution in [-0.2, 0) is 9.47 Å². The van der Waals surface area contributed by atoms with Crippen molar-refractivity contribution < 1.29 is 19.0 Å². The molecule has 7 nitrogen and oxygen atoms in total. The van der Waals surface area contributed by atoms with E-state index in [2.05, 4.69) is 10.3 Å². The molecule has 0 aliphatic rings. The summed E-state index contributed by atoms with van der Waals surface area (Å²) in [6.07, 6.45) is 0.823. The van der Waals surface area contributed by atoms with Gasteiger partial charge in [-0.25, -0.2) is 14.8 Å². The zero-order chi connectivity index (χ0) is 21.7. The maximum Gasteiger partial charge on any atom is 0.413 e. The van der Waals surface area contributed by atoms with Gasteiger partial charge < -0.3 is 14.2 Å². The standard InChI is InChI=1S/C23H27N3O4/c1-6-28-15(2)29-18-9-11-19-16(13-18)7-10-20(25-19)17-8-12-21(24-14-17)26-22(27)30-23(3,4)5/h7-15H,6H2,1-5H3,(H,24,26,27). The van der Waals surface area contributed by atoms with Crippen LogP contribution in [0.2, 0.25) is 0 Å². The second-order valence-corrected chi connectivity index (χ2v) is 7.75. The van der Waals surface area contributed by atoms with E-state index >= 15 is 0 Å². The van der Waals surface area contributed by atoms with E-state index in [0.717, 1.165) is 27.9 Å². The van der Waals surface area contributed by atoms with Crippen LogP contribution >= 0.6 is 0 Å². The van der Waals surface area contributed by atoms with Gasteiger partial charge in [0.25, 0.3) is 0 Å². The van der Waals surface area contributed by atoms with Gasteiger partial charge in [-0.1, -0.05) is 6.07 Å². The maximum absolute atomic E-state index is 11.9. The van der Waals surface area contributed by atoms with Gasteiger partial charge >= 0.3 is 6.09 Å². The van der Waals surface area contributed by atoms with E-state index in [0.29, 0.717) is 12.4 Å². The highest BCUT2D eigenvalue weighted by atomic mass is 16.7. The van der Waals surface area contributed by atoms with E-state index in [1.54, 1.807) is 12.3 Å². The summed E-state index contributed by atoms with van der Waals surface area (Å²) >= 11 is 0. The Balaban J connectivity index is 1.72. The van der Waals surface area contributed by atoms with Gasteiger partial charge in [-0.3, -0.25) is 5.32 Å². The monoisotopic (exact) mass is 409 g/mol. The fraction of sp³-hybridized carbons (Fsp3) is 0.348. The van der Waals surface area contributed by atoms with Crippen molar-refractivity contribution in [3.8, 4) is 17.0 Å². The summed E-state index contributed by atoms with van der Waals surface area (Å²) in [6, 6.07) is 13.2. The van der Waals surface area contributed by atoms with Crippen LogP contribution in [0.15, 0.2) is 48.7 Å². The first-order valence-corrected chi connectivity index (χ1v) is 9.89. The minimum atomic E-state index is -0.564. The van der Waals surface area contributed by atoms with E-state index in [-0.39, 0.29) is 6.29 Å². The molecule has 1 amide bonds. The molecule has 0 bridgehead atoms. The number of nitrogens with one attached hydrogen (secondary N) is 1. The largest absolute Gasteiger partial charge is 0.465 e. The van der Waals surface area contributed by atoms with Crippen molar-refractivity contribution in [2.75, 3.05) is 11.9 Å². The van der Waals surface area contributed by atoms with E-state index in [1.165, 1.54) is 0 Å². The second kappa shape index (κ2) is 9.09. The number of carbonyl (C=O) groups excluding carboxylic acids is 1. The molecule has 0 fully saturated rings. The Labute approximate surface area is 176 Å². The number of amides is 1. The number of hydrogen-bond donors (Lipinski definition) is 1. The van der Waals surface area contributed by atoms with Crippen molar-refractivity contribution in [1.29, 1.82) is 0 Å². The van der Waals surface area contributed by atoms with E-state index in [9.17, 15) is 4.79 Å². The van der Waals surface area contributed by atoms with Crippen LogP contribution in [0.4, 0.5) is 10.6 Å². The Kier molecular flexibility index (Phi) is 6.52. The Morgan fingerprint density at radius 3 is 2.60 bits per heavy atom. The lowest BCUT2D eigenvalue weighted by Crippen LogP contribution is -2.27. The van der Waals surface area contributed by atoms with Crippen molar-refractivity contribution in [2.24, 2.45) is 0 Å². The number of pyridine rings is 2. The number of hydrogen-bond acceptors (Lipinski definition) is 6. The molecule has 0 saturated carbocycles. The summed E-state index contributed by atoms with van der Waals surface area (Å²) in [5.41, 5.74) is 1.91. The highest BCUT2D eigenvalue weighted by Gasteiger charge is 2.16. The van der Waals surface area contributed by atoms with Crippen LogP contribution in [0.3, 0.4) is 0 Å². The topological polar surface area (TPSA) is 82.6 Å². The molecule has 0 aliphatic heterocycles. The smallest absolute Gasteiger partial charge is 0.413 e. The number of ether oxygens (including phenoxy) is 3. The number of nitrogens with zero attached hydrogens (tertiary/aromatic N) is 2. The number of carbonyl (C=O) groups is 1. The van der Waals surface area contributed by atoms with E-state index in [1.807, 2.05) is 71.0 Å². The molecule has 0 aliphatic carbocycles. The molecule has 30 heavy (non-hydrogen) atoms. The SMILES string of the molecule is CCOC(C)Oc1ccc2nc(-c3ccc(NC(=O)OC(C)(C)C)nc3)ccc2c1. The maximum atomic E-state index is 11.9. The Bertz CT molecular complexity index is 1010. The molecule has 2 aromatic heterocycles. The first kappa shape index (κ1) is 21.5. The lowest BCUT2D eigenvalue weighted by Gasteiger charge is -2.19. The Hall–Kier alpha value is -3.19. The number of benzene rings is 1. The van der Waals surface area contributed by atoms with Crippen LogP contribution in [0.5, 0.6) is 5.75 Å². The molecule has 0 radical (unpaired) electrons.